The number of carbonyl (C=O) groups is 1. The zero-order valence-electron chi connectivity index (χ0n) is 16.3. The van der Waals surface area contributed by atoms with Crippen LogP contribution in [0.4, 0.5) is 5.82 Å². The Morgan fingerprint density at radius 2 is 2.21 bits per heavy atom. The number of hydrogen-bond acceptors (Lipinski definition) is 6. The van der Waals surface area contributed by atoms with Gasteiger partial charge in [0.2, 0.25) is 5.91 Å². The zero-order chi connectivity index (χ0) is 19.2. The Hall–Kier alpha value is -2.18. The van der Waals surface area contributed by atoms with Gasteiger partial charge in [-0.05, 0) is 18.8 Å². The monoisotopic (exact) mass is 501 g/mol. The van der Waals surface area contributed by atoms with Crippen molar-refractivity contribution in [3.63, 3.8) is 0 Å². The minimum absolute atomic E-state index is 0. The molecule has 0 radical (unpaired) electrons. The van der Waals surface area contributed by atoms with Crippen LogP contribution in [0.1, 0.15) is 19.3 Å². The highest BCUT2D eigenvalue weighted by molar-refractivity contribution is 14.0. The van der Waals surface area contributed by atoms with Crippen molar-refractivity contribution in [3.05, 3.63) is 12.5 Å². The second-order valence-electron chi connectivity index (χ2n) is 6.75. The number of aromatic nitrogens is 4. The maximum Gasteiger partial charge on any atom is 0.217 e. The van der Waals surface area contributed by atoms with Gasteiger partial charge in [0.1, 0.15) is 12.1 Å². The SMILES string of the molecule is CN=C(NCCNc1ncnc2c1cnn2C)N1CCCC(CC(N)=O)C1.I. The fourth-order valence-corrected chi connectivity index (χ4v) is 3.50. The number of likely N-dealkylation sites (tertiary alicyclic amines) is 1. The molecule has 3 heterocycles. The van der Waals surface area contributed by atoms with Crippen LogP contribution in [-0.4, -0.2) is 69.7 Å². The molecule has 0 saturated carbocycles. The van der Waals surface area contributed by atoms with E-state index in [-0.39, 0.29) is 29.9 Å². The van der Waals surface area contributed by atoms with E-state index in [2.05, 4.69) is 35.6 Å². The predicted molar refractivity (Wildman–Crippen MR) is 120 cm³/mol. The summed E-state index contributed by atoms with van der Waals surface area (Å²) >= 11 is 0. The number of piperidine rings is 1. The largest absolute Gasteiger partial charge is 0.370 e. The third-order valence-electron chi connectivity index (χ3n) is 4.75. The number of carbonyl (C=O) groups excluding carboxylic acids is 1. The molecule has 154 valence electrons. The number of nitrogens with zero attached hydrogens (tertiary/aromatic N) is 6. The van der Waals surface area contributed by atoms with Crippen LogP contribution in [0.15, 0.2) is 17.5 Å². The summed E-state index contributed by atoms with van der Waals surface area (Å²) in [6.07, 6.45) is 5.80. The number of halogens is 1. The first-order chi connectivity index (χ1) is 13.1. The highest BCUT2D eigenvalue weighted by Gasteiger charge is 2.23. The van der Waals surface area contributed by atoms with Gasteiger partial charge in [0.25, 0.3) is 0 Å². The van der Waals surface area contributed by atoms with Gasteiger partial charge in [-0.25, -0.2) is 9.97 Å². The lowest BCUT2D eigenvalue weighted by atomic mass is 9.95. The molecule has 3 rings (SSSR count). The second-order valence-corrected chi connectivity index (χ2v) is 6.75. The van der Waals surface area contributed by atoms with Gasteiger partial charge >= 0.3 is 0 Å². The smallest absolute Gasteiger partial charge is 0.217 e. The van der Waals surface area contributed by atoms with Crippen molar-refractivity contribution < 1.29 is 4.79 Å². The highest BCUT2D eigenvalue weighted by Crippen LogP contribution is 2.19. The lowest BCUT2D eigenvalue weighted by molar-refractivity contribution is -0.119. The van der Waals surface area contributed by atoms with Gasteiger partial charge in [-0.3, -0.25) is 14.5 Å². The van der Waals surface area contributed by atoms with E-state index < -0.39 is 0 Å². The van der Waals surface area contributed by atoms with E-state index in [1.165, 1.54) is 6.33 Å². The Kier molecular flexibility index (Phi) is 8.20. The molecule has 0 aromatic carbocycles. The number of guanidine groups is 1. The van der Waals surface area contributed by atoms with Crippen molar-refractivity contribution in [3.8, 4) is 0 Å². The number of amides is 1. The average Bonchev–Trinajstić information content (AvgIpc) is 3.03. The standard InChI is InChI=1S/C17H27N9O.HI/c1-19-17(26-7-3-4-12(10-26)8-14(18)27)21-6-5-20-15-13-9-24-25(2)16(13)23-11-22-15;/h9,11-12H,3-8,10H2,1-2H3,(H2,18,27)(H,19,21)(H,20,22,23);1H. The first kappa shape index (κ1) is 22.1. The summed E-state index contributed by atoms with van der Waals surface area (Å²) in [5.74, 6) is 1.68. The summed E-state index contributed by atoms with van der Waals surface area (Å²) in [5.41, 5.74) is 6.14. The van der Waals surface area contributed by atoms with E-state index in [4.69, 9.17) is 5.73 Å². The van der Waals surface area contributed by atoms with Crippen LogP contribution in [0.3, 0.4) is 0 Å². The molecule has 1 aliphatic rings. The van der Waals surface area contributed by atoms with Gasteiger partial charge < -0.3 is 21.3 Å². The molecule has 1 aliphatic heterocycles. The fraction of sp³-hybridized carbons (Fsp3) is 0.588. The molecule has 28 heavy (non-hydrogen) atoms. The average molecular weight is 501 g/mol. The first-order valence-electron chi connectivity index (χ1n) is 9.19. The van der Waals surface area contributed by atoms with E-state index in [0.29, 0.717) is 25.4 Å². The maximum absolute atomic E-state index is 11.2. The molecule has 0 aliphatic carbocycles. The van der Waals surface area contributed by atoms with Crippen LogP contribution in [0.2, 0.25) is 0 Å². The number of fused-ring (bicyclic) bond motifs is 1. The molecule has 1 unspecified atom stereocenters. The summed E-state index contributed by atoms with van der Waals surface area (Å²) in [7, 11) is 3.63. The summed E-state index contributed by atoms with van der Waals surface area (Å²) in [4.78, 5) is 26.3. The number of hydrogen-bond donors (Lipinski definition) is 3. The lowest BCUT2D eigenvalue weighted by Crippen LogP contribution is -2.48. The van der Waals surface area contributed by atoms with Crippen LogP contribution in [0, 0.1) is 5.92 Å². The van der Waals surface area contributed by atoms with E-state index in [1.54, 1.807) is 17.9 Å². The van der Waals surface area contributed by atoms with E-state index in [0.717, 1.165) is 48.7 Å². The van der Waals surface area contributed by atoms with Gasteiger partial charge in [0.15, 0.2) is 11.6 Å². The number of primary amides is 1. The minimum Gasteiger partial charge on any atom is -0.370 e. The normalized spacial score (nSPS) is 17.3. The lowest BCUT2D eigenvalue weighted by Gasteiger charge is -2.34. The molecule has 2 aromatic heterocycles. The predicted octanol–water partition coefficient (Wildman–Crippen LogP) is 0.556. The van der Waals surface area contributed by atoms with Crippen molar-refractivity contribution in [2.75, 3.05) is 38.5 Å². The Bertz CT molecular complexity index is 822. The third-order valence-corrected chi connectivity index (χ3v) is 4.75. The van der Waals surface area contributed by atoms with E-state index >= 15 is 0 Å². The van der Waals surface area contributed by atoms with Crippen molar-refractivity contribution in [1.82, 2.24) is 30.0 Å². The molecule has 1 amide bonds. The van der Waals surface area contributed by atoms with Gasteiger partial charge in [-0.1, -0.05) is 0 Å². The van der Waals surface area contributed by atoms with Crippen LogP contribution in [-0.2, 0) is 11.8 Å². The Morgan fingerprint density at radius 3 is 2.96 bits per heavy atom. The van der Waals surface area contributed by atoms with Crippen molar-refractivity contribution in [2.45, 2.75) is 19.3 Å². The van der Waals surface area contributed by atoms with Crippen molar-refractivity contribution in [1.29, 1.82) is 0 Å². The topological polar surface area (TPSA) is 126 Å². The fourth-order valence-electron chi connectivity index (χ4n) is 3.50. The minimum atomic E-state index is -0.236. The van der Waals surface area contributed by atoms with Crippen LogP contribution >= 0.6 is 24.0 Å². The molecule has 0 bridgehead atoms. The maximum atomic E-state index is 11.2. The third kappa shape index (κ3) is 5.42. The number of aryl methyl sites for hydroxylation is 1. The Balaban J connectivity index is 0.00000280. The van der Waals surface area contributed by atoms with Crippen LogP contribution < -0.4 is 16.4 Å². The van der Waals surface area contributed by atoms with Gasteiger partial charge in [0.05, 0.1) is 11.6 Å². The molecule has 4 N–H and O–H groups in total. The highest BCUT2D eigenvalue weighted by atomic mass is 127. The number of nitrogens with two attached hydrogens (primary N) is 1. The van der Waals surface area contributed by atoms with Gasteiger partial charge in [0, 0.05) is 46.7 Å². The van der Waals surface area contributed by atoms with Crippen molar-refractivity contribution in [2.24, 2.45) is 23.7 Å². The molecular formula is C17H28IN9O. The van der Waals surface area contributed by atoms with Crippen LogP contribution in [0.25, 0.3) is 11.0 Å². The van der Waals surface area contributed by atoms with Crippen molar-refractivity contribution >= 4 is 52.7 Å². The quantitative estimate of drug-likeness (QED) is 0.229. The van der Waals surface area contributed by atoms with E-state index in [1.807, 2.05) is 7.05 Å². The number of aliphatic imine (C=N–C) groups is 1. The molecule has 1 saturated heterocycles. The molecule has 1 atom stereocenters. The Labute approximate surface area is 181 Å². The molecule has 11 heteroatoms. The van der Waals surface area contributed by atoms with Gasteiger partial charge in [-0.15, -0.1) is 24.0 Å². The summed E-state index contributed by atoms with van der Waals surface area (Å²) < 4.78 is 1.72. The van der Waals surface area contributed by atoms with Crippen LogP contribution in [0.5, 0.6) is 0 Å². The van der Waals surface area contributed by atoms with E-state index in [9.17, 15) is 4.79 Å². The number of anilines is 1. The number of rotatable bonds is 6. The first-order valence-corrected chi connectivity index (χ1v) is 9.19. The summed E-state index contributed by atoms with van der Waals surface area (Å²) in [6.45, 7) is 3.11. The molecule has 0 spiro atoms. The second kappa shape index (κ2) is 10.4. The molecule has 1 fully saturated rings. The summed E-state index contributed by atoms with van der Waals surface area (Å²) in [6, 6.07) is 0. The zero-order valence-corrected chi connectivity index (χ0v) is 18.6. The Morgan fingerprint density at radius 1 is 1.39 bits per heavy atom. The molecule has 10 nitrogen and oxygen atoms in total. The molecular weight excluding hydrogens is 473 g/mol. The number of nitrogens with one attached hydrogen (secondary N) is 2. The van der Waals surface area contributed by atoms with Gasteiger partial charge in [-0.2, -0.15) is 5.10 Å². The summed E-state index contributed by atoms with van der Waals surface area (Å²) in [5, 5.41) is 11.8. The molecule has 2 aromatic rings.